The fourth-order valence-corrected chi connectivity index (χ4v) is 4.29. The number of likely N-dealkylation sites (tertiary alicyclic amines) is 1. The summed E-state index contributed by atoms with van der Waals surface area (Å²) in [6, 6.07) is 0.250. The first kappa shape index (κ1) is 12.7. The average molecular weight is 263 g/mol. The Bertz CT molecular complexity index is 445. The van der Waals surface area contributed by atoms with Crippen molar-refractivity contribution in [3.63, 3.8) is 0 Å². The van der Waals surface area contributed by atoms with Gasteiger partial charge in [-0.25, -0.2) is 0 Å². The summed E-state index contributed by atoms with van der Waals surface area (Å²) in [5.41, 5.74) is 0. The molecule has 2 bridgehead atoms. The van der Waals surface area contributed by atoms with Gasteiger partial charge < -0.3 is 10.0 Å². The molecule has 0 aromatic heterocycles. The van der Waals surface area contributed by atoms with Crippen LogP contribution in [-0.4, -0.2) is 34.5 Å². The molecule has 2 fully saturated rings. The zero-order valence-corrected chi connectivity index (χ0v) is 11.5. The first-order chi connectivity index (χ1) is 8.99. The molecule has 19 heavy (non-hydrogen) atoms. The van der Waals surface area contributed by atoms with E-state index in [1.54, 1.807) is 0 Å². The maximum atomic E-state index is 12.7. The lowest BCUT2D eigenvalue weighted by molar-refractivity contribution is -0.151. The predicted octanol–water partition coefficient (Wildman–Crippen LogP) is 1.77. The van der Waals surface area contributed by atoms with E-state index in [1.165, 1.54) is 0 Å². The van der Waals surface area contributed by atoms with Gasteiger partial charge >= 0.3 is 5.97 Å². The lowest BCUT2D eigenvalue weighted by Crippen LogP contribution is -2.44. The highest BCUT2D eigenvalue weighted by molar-refractivity contribution is 5.87. The summed E-state index contributed by atoms with van der Waals surface area (Å²) in [5, 5.41) is 9.41. The van der Waals surface area contributed by atoms with Crippen LogP contribution in [0, 0.1) is 29.6 Å². The Morgan fingerprint density at radius 1 is 1.11 bits per heavy atom. The highest BCUT2D eigenvalue weighted by Gasteiger charge is 2.53. The standard InChI is InChI=1S/C15H21NO3/c1-8-5-9(2)16(7-8)14(17)12-10-3-4-11(6-10)13(12)15(18)19/h3-4,8-13H,5-7H2,1-2H3,(H,18,19). The van der Waals surface area contributed by atoms with Gasteiger partial charge in [0, 0.05) is 12.6 Å². The number of hydrogen-bond acceptors (Lipinski definition) is 2. The van der Waals surface area contributed by atoms with Crippen LogP contribution in [0.2, 0.25) is 0 Å². The molecular formula is C15H21NO3. The molecule has 104 valence electrons. The maximum absolute atomic E-state index is 12.7. The largest absolute Gasteiger partial charge is 0.481 e. The number of carboxylic acids is 1. The number of amides is 1. The molecule has 1 amide bonds. The van der Waals surface area contributed by atoms with Crippen LogP contribution in [0.25, 0.3) is 0 Å². The molecule has 4 heteroatoms. The lowest BCUT2D eigenvalue weighted by Gasteiger charge is -2.30. The van der Waals surface area contributed by atoms with Gasteiger partial charge in [-0.3, -0.25) is 9.59 Å². The zero-order chi connectivity index (χ0) is 13.7. The Kier molecular flexibility index (Phi) is 2.91. The van der Waals surface area contributed by atoms with E-state index in [1.807, 2.05) is 11.0 Å². The van der Waals surface area contributed by atoms with Crippen molar-refractivity contribution in [2.75, 3.05) is 6.54 Å². The van der Waals surface area contributed by atoms with Crippen LogP contribution in [0.4, 0.5) is 0 Å². The Hall–Kier alpha value is -1.32. The molecule has 6 atom stereocenters. The highest BCUT2D eigenvalue weighted by Crippen LogP contribution is 2.49. The number of allylic oxidation sites excluding steroid dienone is 2. The van der Waals surface area contributed by atoms with Crippen LogP contribution in [0.15, 0.2) is 12.2 Å². The van der Waals surface area contributed by atoms with E-state index in [-0.39, 0.29) is 29.7 Å². The van der Waals surface area contributed by atoms with Crippen LogP contribution in [0.1, 0.15) is 26.7 Å². The minimum Gasteiger partial charge on any atom is -0.481 e. The molecule has 1 heterocycles. The summed E-state index contributed by atoms with van der Waals surface area (Å²) >= 11 is 0. The Morgan fingerprint density at radius 3 is 2.26 bits per heavy atom. The topological polar surface area (TPSA) is 57.6 Å². The predicted molar refractivity (Wildman–Crippen MR) is 70.3 cm³/mol. The molecule has 1 N–H and O–H groups in total. The molecule has 1 saturated carbocycles. The molecule has 2 aliphatic carbocycles. The van der Waals surface area contributed by atoms with Gasteiger partial charge in [0.2, 0.25) is 5.91 Å². The Morgan fingerprint density at radius 2 is 1.74 bits per heavy atom. The summed E-state index contributed by atoms with van der Waals surface area (Å²) < 4.78 is 0. The number of rotatable bonds is 2. The summed E-state index contributed by atoms with van der Waals surface area (Å²) in [4.78, 5) is 26.1. The number of fused-ring (bicyclic) bond motifs is 2. The molecule has 0 radical (unpaired) electrons. The summed E-state index contributed by atoms with van der Waals surface area (Å²) in [6.07, 6.45) is 5.91. The number of carbonyl (C=O) groups is 2. The van der Waals surface area contributed by atoms with E-state index in [9.17, 15) is 14.7 Å². The van der Waals surface area contributed by atoms with Crippen molar-refractivity contribution in [1.82, 2.24) is 4.90 Å². The minimum absolute atomic E-state index is 0.0618. The first-order valence-electron chi connectivity index (χ1n) is 7.20. The average Bonchev–Trinajstić information content (AvgIpc) is 3.01. The van der Waals surface area contributed by atoms with E-state index in [4.69, 9.17) is 0 Å². The van der Waals surface area contributed by atoms with Crippen molar-refractivity contribution >= 4 is 11.9 Å². The SMILES string of the molecule is CC1CC(C)N(C(=O)C2C3C=CC(C3)C2C(=O)O)C1. The van der Waals surface area contributed by atoms with Crippen molar-refractivity contribution in [2.24, 2.45) is 29.6 Å². The van der Waals surface area contributed by atoms with Crippen LogP contribution < -0.4 is 0 Å². The fourth-order valence-electron chi connectivity index (χ4n) is 4.29. The normalized spacial score (nSPS) is 44.0. The third-order valence-corrected chi connectivity index (χ3v) is 5.10. The molecule has 6 unspecified atom stereocenters. The van der Waals surface area contributed by atoms with Crippen LogP contribution in [0.5, 0.6) is 0 Å². The van der Waals surface area contributed by atoms with Gasteiger partial charge in [-0.1, -0.05) is 19.1 Å². The van der Waals surface area contributed by atoms with Gasteiger partial charge in [-0.15, -0.1) is 0 Å². The first-order valence-corrected chi connectivity index (χ1v) is 7.20. The van der Waals surface area contributed by atoms with E-state index in [2.05, 4.69) is 19.9 Å². The Balaban J connectivity index is 1.83. The quantitative estimate of drug-likeness (QED) is 0.772. The molecule has 4 nitrogen and oxygen atoms in total. The van der Waals surface area contributed by atoms with Gasteiger partial charge in [0.25, 0.3) is 0 Å². The van der Waals surface area contributed by atoms with Gasteiger partial charge in [-0.2, -0.15) is 0 Å². The number of carbonyl (C=O) groups excluding carboxylic acids is 1. The molecule has 3 aliphatic rings. The van der Waals surface area contributed by atoms with Crippen molar-refractivity contribution in [1.29, 1.82) is 0 Å². The van der Waals surface area contributed by atoms with Gasteiger partial charge in [-0.05, 0) is 37.5 Å². The van der Waals surface area contributed by atoms with Gasteiger partial charge in [0.1, 0.15) is 0 Å². The number of hydrogen-bond donors (Lipinski definition) is 1. The van der Waals surface area contributed by atoms with E-state index >= 15 is 0 Å². The van der Waals surface area contributed by atoms with Crippen LogP contribution >= 0.6 is 0 Å². The molecule has 1 saturated heterocycles. The number of nitrogens with zero attached hydrogens (tertiary/aromatic N) is 1. The maximum Gasteiger partial charge on any atom is 0.307 e. The third-order valence-electron chi connectivity index (χ3n) is 5.10. The fraction of sp³-hybridized carbons (Fsp3) is 0.733. The zero-order valence-electron chi connectivity index (χ0n) is 11.5. The summed E-state index contributed by atoms with van der Waals surface area (Å²) in [5.74, 6) is -0.855. The third kappa shape index (κ3) is 1.88. The van der Waals surface area contributed by atoms with Crippen molar-refractivity contribution in [3.05, 3.63) is 12.2 Å². The molecule has 0 spiro atoms. The summed E-state index contributed by atoms with van der Waals surface area (Å²) in [6.45, 7) is 5.00. The van der Waals surface area contributed by atoms with Crippen LogP contribution in [0.3, 0.4) is 0 Å². The van der Waals surface area contributed by atoms with Crippen molar-refractivity contribution in [3.8, 4) is 0 Å². The molecule has 0 aromatic rings. The van der Waals surface area contributed by atoms with Gasteiger partial charge in [0.05, 0.1) is 11.8 Å². The van der Waals surface area contributed by atoms with E-state index < -0.39 is 11.9 Å². The second-order valence-corrected chi connectivity index (χ2v) is 6.52. The molecular weight excluding hydrogens is 242 g/mol. The van der Waals surface area contributed by atoms with Crippen molar-refractivity contribution in [2.45, 2.75) is 32.7 Å². The van der Waals surface area contributed by atoms with E-state index in [0.29, 0.717) is 5.92 Å². The molecule has 0 aromatic carbocycles. The van der Waals surface area contributed by atoms with Crippen LogP contribution in [-0.2, 0) is 9.59 Å². The highest BCUT2D eigenvalue weighted by atomic mass is 16.4. The number of aliphatic carboxylic acids is 1. The minimum atomic E-state index is -0.810. The van der Waals surface area contributed by atoms with Gasteiger partial charge in [0.15, 0.2) is 0 Å². The number of carboxylic acid groups (broad SMARTS) is 1. The lowest BCUT2D eigenvalue weighted by atomic mass is 9.82. The monoisotopic (exact) mass is 263 g/mol. The molecule has 3 rings (SSSR count). The summed E-state index contributed by atoms with van der Waals surface area (Å²) in [7, 11) is 0. The Labute approximate surface area is 113 Å². The van der Waals surface area contributed by atoms with Crippen molar-refractivity contribution < 1.29 is 14.7 Å². The second kappa shape index (κ2) is 4.36. The smallest absolute Gasteiger partial charge is 0.307 e. The second-order valence-electron chi connectivity index (χ2n) is 6.52. The van der Waals surface area contributed by atoms with E-state index in [0.717, 1.165) is 19.4 Å². The molecule has 1 aliphatic heterocycles.